The minimum atomic E-state index is -0.0746. The molecular weight excluding hydrogens is 386 g/mol. The van der Waals surface area contributed by atoms with E-state index in [0.29, 0.717) is 18.5 Å². The van der Waals surface area contributed by atoms with Crippen molar-refractivity contribution in [3.8, 4) is 5.69 Å². The number of rotatable bonds is 2. The maximum absolute atomic E-state index is 13.1. The van der Waals surface area contributed by atoms with E-state index >= 15 is 0 Å². The summed E-state index contributed by atoms with van der Waals surface area (Å²) in [5.74, 6) is 0.225. The van der Waals surface area contributed by atoms with Crippen molar-refractivity contribution in [3.63, 3.8) is 0 Å². The normalized spacial score (nSPS) is 17.3. The van der Waals surface area contributed by atoms with Crippen LogP contribution in [0, 0.1) is 12.3 Å². The molecule has 5 heteroatoms. The van der Waals surface area contributed by atoms with E-state index in [4.69, 9.17) is 0 Å². The second kappa shape index (κ2) is 7.19. The molecule has 2 aromatic carbocycles. The molecule has 5 nitrogen and oxygen atoms in total. The molecule has 5 rings (SSSR count). The Morgan fingerprint density at radius 2 is 1.71 bits per heavy atom. The van der Waals surface area contributed by atoms with Crippen molar-refractivity contribution in [3.05, 3.63) is 82.2 Å². The Morgan fingerprint density at radius 1 is 1.00 bits per heavy atom. The zero-order chi connectivity index (χ0) is 21.8. The van der Waals surface area contributed by atoms with Gasteiger partial charge in [-0.3, -0.25) is 9.59 Å². The van der Waals surface area contributed by atoms with E-state index < -0.39 is 0 Å². The average Bonchev–Trinajstić information content (AvgIpc) is 3.08. The molecule has 1 amide bonds. The number of ketones is 1. The van der Waals surface area contributed by atoms with Gasteiger partial charge in [0, 0.05) is 25.1 Å². The summed E-state index contributed by atoms with van der Waals surface area (Å²) in [4.78, 5) is 27.7. The molecule has 0 fully saturated rings. The highest BCUT2D eigenvalue weighted by Gasteiger charge is 2.35. The Bertz CT molecular complexity index is 1190. The van der Waals surface area contributed by atoms with Gasteiger partial charge in [-0.15, -0.1) is 0 Å². The molecule has 0 bridgehead atoms. The first-order valence-corrected chi connectivity index (χ1v) is 10.9. The summed E-state index contributed by atoms with van der Waals surface area (Å²) in [7, 11) is 0. The van der Waals surface area contributed by atoms with Crippen LogP contribution in [0.15, 0.2) is 48.5 Å². The fraction of sp³-hybridized carbons (Fsp3) is 0.346. The highest BCUT2D eigenvalue weighted by Crippen LogP contribution is 2.37. The molecular formula is C26H27N3O2. The number of benzene rings is 2. The number of aromatic nitrogens is 2. The van der Waals surface area contributed by atoms with Crippen molar-refractivity contribution < 1.29 is 9.59 Å². The Balaban J connectivity index is 1.41. The van der Waals surface area contributed by atoms with Crippen LogP contribution in [0.3, 0.4) is 0 Å². The highest BCUT2D eigenvalue weighted by atomic mass is 16.2. The minimum Gasteiger partial charge on any atom is -0.334 e. The molecule has 2 aliphatic rings. The van der Waals surface area contributed by atoms with Crippen molar-refractivity contribution >= 4 is 11.7 Å². The molecule has 1 aliphatic heterocycles. The third-order valence-electron chi connectivity index (χ3n) is 6.50. The third-order valence-corrected chi connectivity index (χ3v) is 6.50. The highest BCUT2D eigenvalue weighted by molar-refractivity contribution is 6.00. The zero-order valence-electron chi connectivity index (χ0n) is 18.3. The van der Waals surface area contributed by atoms with Crippen LogP contribution < -0.4 is 0 Å². The van der Waals surface area contributed by atoms with Crippen LogP contribution in [0.25, 0.3) is 5.69 Å². The summed E-state index contributed by atoms with van der Waals surface area (Å²) in [6, 6.07) is 15.9. The van der Waals surface area contributed by atoms with Gasteiger partial charge in [0.1, 0.15) is 0 Å². The lowest BCUT2D eigenvalue weighted by Gasteiger charge is -2.29. The summed E-state index contributed by atoms with van der Waals surface area (Å²) < 4.78 is 1.88. The number of hydrogen-bond donors (Lipinski definition) is 0. The van der Waals surface area contributed by atoms with Crippen LogP contribution in [0.4, 0.5) is 0 Å². The van der Waals surface area contributed by atoms with Gasteiger partial charge in [0.25, 0.3) is 5.91 Å². The summed E-state index contributed by atoms with van der Waals surface area (Å²) in [6.45, 7) is 7.54. The molecule has 0 N–H and O–H groups in total. The van der Waals surface area contributed by atoms with Crippen LogP contribution in [-0.2, 0) is 19.4 Å². The molecule has 0 saturated carbocycles. The van der Waals surface area contributed by atoms with Gasteiger partial charge in [0.05, 0.1) is 22.6 Å². The van der Waals surface area contributed by atoms with Crippen molar-refractivity contribution in [2.24, 2.45) is 5.41 Å². The lowest BCUT2D eigenvalue weighted by Crippen LogP contribution is -2.35. The first-order chi connectivity index (χ1) is 14.8. The van der Waals surface area contributed by atoms with Crippen molar-refractivity contribution in [2.45, 2.75) is 46.6 Å². The number of nitrogens with zero attached hydrogens (tertiary/aromatic N) is 3. The number of carbonyl (C=O) groups excluding carboxylic acids is 2. The van der Waals surface area contributed by atoms with Gasteiger partial charge in [0.15, 0.2) is 5.78 Å². The number of hydrogen-bond acceptors (Lipinski definition) is 3. The number of aryl methyl sites for hydroxylation is 1. The number of amides is 1. The molecule has 2 heterocycles. The molecule has 31 heavy (non-hydrogen) atoms. The number of Topliss-reactive ketones (excluding diaryl/α,β-unsaturated/α-hetero) is 1. The Morgan fingerprint density at radius 3 is 2.45 bits per heavy atom. The fourth-order valence-electron chi connectivity index (χ4n) is 4.95. The smallest absolute Gasteiger partial charge is 0.254 e. The predicted octanol–water partition coefficient (Wildman–Crippen LogP) is 4.53. The summed E-state index contributed by atoms with van der Waals surface area (Å²) in [5.41, 5.74) is 6.57. The fourth-order valence-corrected chi connectivity index (χ4v) is 4.95. The van der Waals surface area contributed by atoms with E-state index in [9.17, 15) is 9.59 Å². The molecule has 0 unspecified atom stereocenters. The number of carbonyl (C=O) groups is 2. The molecule has 0 atom stereocenters. The first kappa shape index (κ1) is 19.7. The monoisotopic (exact) mass is 413 g/mol. The predicted molar refractivity (Wildman–Crippen MR) is 120 cm³/mol. The molecule has 0 radical (unpaired) electrons. The molecule has 3 aromatic rings. The van der Waals surface area contributed by atoms with Gasteiger partial charge in [-0.25, -0.2) is 4.68 Å². The zero-order valence-corrected chi connectivity index (χ0v) is 18.3. The average molecular weight is 414 g/mol. The van der Waals surface area contributed by atoms with Crippen LogP contribution in [-0.4, -0.2) is 32.9 Å². The van der Waals surface area contributed by atoms with Crippen LogP contribution in [0.5, 0.6) is 0 Å². The summed E-state index contributed by atoms with van der Waals surface area (Å²) >= 11 is 0. The molecule has 0 spiro atoms. The van der Waals surface area contributed by atoms with E-state index in [0.717, 1.165) is 42.0 Å². The SMILES string of the molecule is Cc1nn(-c2ccc(C(=O)N3CCc4ccccc4C3)cc2)c2c1C(=O)CC(C)(C)C2. The van der Waals surface area contributed by atoms with Gasteiger partial charge >= 0.3 is 0 Å². The van der Waals surface area contributed by atoms with E-state index in [1.807, 2.05) is 46.8 Å². The summed E-state index contributed by atoms with van der Waals surface area (Å²) in [6.07, 6.45) is 2.25. The lowest BCUT2D eigenvalue weighted by molar-refractivity contribution is 0.0734. The van der Waals surface area contributed by atoms with Crippen LogP contribution >= 0.6 is 0 Å². The summed E-state index contributed by atoms with van der Waals surface area (Å²) in [5, 5.41) is 4.67. The topological polar surface area (TPSA) is 55.2 Å². The molecule has 0 saturated heterocycles. The third kappa shape index (κ3) is 3.48. The van der Waals surface area contributed by atoms with E-state index in [1.54, 1.807) is 0 Å². The first-order valence-electron chi connectivity index (χ1n) is 10.9. The van der Waals surface area contributed by atoms with Gasteiger partial charge in [0.2, 0.25) is 0 Å². The Labute approximate surface area is 182 Å². The van der Waals surface area contributed by atoms with Crippen molar-refractivity contribution in [1.82, 2.24) is 14.7 Å². The quantitative estimate of drug-likeness (QED) is 0.620. The van der Waals surface area contributed by atoms with Gasteiger partial charge < -0.3 is 4.90 Å². The maximum atomic E-state index is 13.1. The molecule has 1 aromatic heterocycles. The van der Waals surface area contributed by atoms with Gasteiger partial charge in [-0.1, -0.05) is 38.1 Å². The lowest BCUT2D eigenvalue weighted by atomic mass is 9.75. The van der Waals surface area contributed by atoms with Crippen LogP contribution in [0.2, 0.25) is 0 Å². The standard InChI is InChI=1S/C26H27N3O2/c1-17-24-22(14-26(2,3)15-23(24)30)29(27-17)21-10-8-19(9-11-21)25(31)28-13-12-18-6-4-5-7-20(18)16-28/h4-11H,12-16H2,1-3H3. The van der Waals surface area contributed by atoms with E-state index in [-0.39, 0.29) is 17.1 Å². The van der Waals surface area contributed by atoms with Gasteiger partial charge in [-0.05, 0) is 60.6 Å². The molecule has 1 aliphatic carbocycles. The Kier molecular flexibility index (Phi) is 4.58. The van der Waals surface area contributed by atoms with Gasteiger partial charge in [-0.2, -0.15) is 5.10 Å². The second-order valence-corrected chi connectivity index (χ2v) is 9.55. The maximum Gasteiger partial charge on any atom is 0.254 e. The van der Waals surface area contributed by atoms with E-state index in [2.05, 4.69) is 37.1 Å². The second-order valence-electron chi connectivity index (χ2n) is 9.55. The number of fused-ring (bicyclic) bond motifs is 2. The Hall–Kier alpha value is -3.21. The van der Waals surface area contributed by atoms with Crippen LogP contribution in [0.1, 0.15) is 63.5 Å². The van der Waals surface area contributed by atoms with Crippen molar-refractivity contribution in [2.75, 3.05) is 6.54 Å². The minimum absolute atomic E-state index is 0.0519. The molecule has 158 valence electrons. The largest absolute Gasteiger partial charge is 0.334 e. The van der Waals surface area contributed by atoms with Crippen molar-refractivity contribution in [1.29, 1.82) is 0 Å². The van der Waals surface area contributed by atoms with E-state index in [1.165, 1.54) is 11.1 Å².